The second-order valence-corrected chi connectivity index (χ2v) is 14.8. The van der Waals surface area contributed by atoms with E-state index in [0.717, 1.165) is 29.9 Å². The molecule has 0 amide bonds. The lowest BCUT2D eigenvalue weighted by atomic mass is 9.88. The summed E-state index contributed by atoms with van der Waals surface area (Å²) in [6, 6.07) is 71.0. The van der Waals surface area contributed by atoms with Gasteiger partial charge in [-0.15, -0.1) is 0 Å². The van der Waals surface area contributed by atoms with Gasteiger partial charge in [-0.2, -0.15) is 0 Å². The van der Waals surface area contributed by atoms with Crippen molar-refractivity contribution in [2.24, 2.45) is 0 Å². The fourth-order valence-corrected chi connectivity index (χ4v) is 9.18. The van der Waals surface area contributed by atoms with E-state index in [9.17, 15) is 0 Å². The molecule has 8 aromatic carbocycles. The molecule has 0 saturated heterocycles. The van der Waals surface area contributed by atoms with Crippen LogP contribution in [0.25, 0.3) is 55.7 Å². The van der Waals surface area contributed by atoms with Crippen molar-refractivity contribution < 1.29 is 0 Å². The topological polar surface area (TPSA) is 8.17 Å². The molecule has 11 rings (SSSR count). The monoisotopic (exact) mass is 714 g/mol. The van der Waals surface area contributed by atoms with Crippen LogP contribution < -0.4 is 4.90 Å². The molecular weight excluding hydrogens is 677 g/mol. The molecule has 0 spiro atoms. The van der Waals surface area contributed by atoms with Gasteiger partial charge < -0.3 is 9.47 Å². The molecule has 2 nitrogen and oxygen atoms in total. The molecule has 264 valence electrons. The van der Waals surface area contributed by atoms with Gasteiger partial charge in [0, 0.05) is 39.1 Å². The van der Waals surface area contributed by atoms with E-state index < -0.39 is 0 Å². The third-order valence-electron chi connectivity index (χ3n) is 11.6. The molecule has 0 aliphatic heterocycles. The molecule has 0 atom stereocenters. The summed E-state index contributed by atoms with van der Waals surface area (Å²) in [5, 5.41) is 3.80. The van der Waals surface area contributed by atoms with Crippen LogP contribution in [-0.2, 0) is 6.42 Å². The largest absolute Gasteiger partial charge is 0.312 e. The number of aromatic nitrogens is 1. The molecule has 2 aliphatic carbocycles. The van der Waals surface area contributed by atoms with E-state index in [0.29, 0.717) is 0 Å². The molecule has 1 heterocycles. The summed E-state index contributed by atoms with van der Waals surface area (Å²) in [6.07, 6.45) is 6.73. The van der Waals surface area contributed by atoms with Crippen molar-refractivity contribution in [3.63, 3.8) is 0 Å². The zero-order chi connectivity index (χ0) is 37.0. The van der Waals surface area contributed by atoms with Crippen molar-refractivity contribution in [2.75, 3.05) is 4.90 Å². The highest BCUT2D eigenvalue weighted by Gasteiger charge is 2.29. The minimum absolute atomic E-state index is 1.01. The lowest BCUT2D eigenvalue weighted by Gasteiger charge is -2.26. The SMILES string of the molecule is C1=Cc2c(n(-c3cccc4ccccc34)c3ccc(N(c4ccccc4)c4ccc5c(c4)C(=C(c4ccccc4)c4ccccc4)c4ccccc4-5)cc23)CC1. The summed E-state index contributed by atoms with van der Waals surface area (Å²) in [6.45, 7) is 0. The van der Waals surface area contributed by atoms with Gasteiger partial charge >= 0.3 is 0 Å². The van der Waals surface area contributed by atoms with Crippen LogP contribution in [0.4, 0.5) is 17.1 Å². The number of hydrogen-bond acceptors (Lipinski definition) is 1. The number of rotatable bonds is 6. The number of fused-ring (bicyclic) bond motifs is 7. The van der Waals surface area contributed by atoms with Crippen LogP contribution in [0, 0.1) is 0 Å². The molecule has 56 heavy (non-hydrogen) atoms. The fourth-order valence-electron chi connectivity index (χ4n) is 9.18. The van der Waals surface area contributed by atoms with Crippen LogP contribution in [0.5, 0.6) is 0 Å². The fraction of sp³-hybridized carbons (Fsp3) is 0.0370. The normalized spacial score (nSPS) is 12.8. The van der Waals surface area contributed by atoms with Gasteiger partial charge in [0.1, 0.15) is 0 Å². The third-order valence-corrected chi connectivity index (χ3v) is 11.6. The second-order valence-electron chi connectivity index (χ2n) is 14.8. The van der Waals surface area contributed by atoms with Gasteiger partial charge in [0.15, 0.2) is 0 Å². The van der Waals surface area contributed by atoms with Gasteiger partial charge in [0.2, 0.25) is 0 Å². The van der Waals surface area contributed by atoms with Crippen LogP contribution in [0.15, 0.2) is 200 Å². The maximum absolute atomic E-state index is 2.52. The molecule has 0 unspecified atom stereocenters. The van der Waals surface area contributed by atoms with Crippen molar-refractivity contribution in [2.45, 2.75) is 12.8 Å². The highest BCUT2D eigenvalue weighted by atomic mass is 15.1. The van der Waals surface area contributed by atoms with Gasteiger partial charge in [0.05, 0.1) is 11.2 Å². The van der Waals surface area contributed by atoms with E-state index in [-0.39, 0.29) is 0 Å². The summed E-state index contributed by atoms with van der Waals surface area (Å²) in [5.41, 5.74) is 18.5. The molecule has 0 bridgehead atoms. The molecule has 9 aromatic rings. The molecule has 1 aromatic heterocycles. The van der Waals surface area contributed by atoms with Crippen molar-refractivity contribution >= 4 is 56.0 Å². The standard InChI is InChI=1S/C54H38N2/c1-4-18-38(19-5-1)53(39-20-6-2-7-21-39)54-47-28-13-12-26-44(47)45-33-31-41(36-49(45)54)55(40-23-8-3-9-24-40)42-32-34-52-48(35-42)46-27-14-15-29-51(46)56(52)50-30-16-22-37-17-10-11-25-43(37)50/h1-14,16-28,30-36H,15,29H2. The van der Waals surface area contributed by atoms with E-state index in [4.69, 9.17) is 0 Å². The summed E-state index contributed by atoms with van der Waals surface area (Å²) in [4.78, 5) is 2.43. The number of allylic oxidation sites excluding steroid dienone is 1. The van der Waals surface area contributed by atoms with Crippen molar-refractivity contribution in [1.82, 2.24) is 4.57 Å². The molecule has 0 N–H and O–H groups in total. The number of para-hydroxylation sites is 1. The van der Waals surface area contributed by atoms with E-state index in [1.54, 1.807) is 0 Å². The first-order chi connectivity index (χ1) is 27.8. The van der Waals surface area contributed by atoms with E-state index >= 15 is 0 Å². The minimum Gasteiger partial charge on any atom is -0.312 e. The Morgan fingerprint density at radius 1 is 0.464 bits per heavy atom. The van der Waals surface area contributed by atoms with E-state index in [2.05, 4.69) is 216 Å². The molecule has 0 fully saturated rings. The Morgan fingerprint density at radius 3 is 1.88 bits per heavy atom. The Bertz CT molecular complexity index is 2960. The number of anilines is 3. The lowest BCUT2D eigenvalue weighted by Crippen LogP contribution is -2.10. The highest BCUT2D eigenvalue weighted by Crippen LogP contribution is 2.51. The Hall–Kier alpha value is -7.16. The van der Waals surface area contributed by atoms with Crippen LogP contribution in [0.1, 0.15) is 39.9 Å². The first-order valence-electron chi connectivity index (χ1n) is 19.6. The first-order valence-corrected chi connectivity index (χ1v) is 19.6. The van der Waals surface area contributed by atoms with Gasteiger partial charge in [-0.25, -0.2) is 0 Å². The van der Waals surface area contributed by atoms with Crippen molar-refractivity contribution in [3.8, 4) is 16.8 Å². The first kappa shape index (κ1) is 32.3. The smallest absolute Gasteiger partial charge is 0.0539 e. The number of nitrogens with zero attached hydrogens (tertiary/aromatic N) is 2. The molecular formula is C54H38N2. The lowest BCUT2D eigenvalue weighted by molar-refractivity contribution is 0.892. The maximum atomic E-state index is 2.52. The average Bonchev–Trinajstić information content (AvgIpc) is 3.77. The average molecular weight is 715 g/mol. The Morgan fingerprint density at radius 2 is 1.09 bits per heavy atom. The Labute approximate surface area is 327 Å². The van der Waals surface area contributed by atoms with Crippen molar-refractivity contribution in [1.29, 1.82) is 0 Å². The van der Waals surface area contributed by atoms with Gasteiger partial charge in [-0.05, 0) is 111 Å². The quantitative estimate of drug-likeness (QED) is 0.166. The molecule has 0 saturated carbocycles. The van der Waals surface area contributed by atoms with E-state index in [1.165, 1.54) is 83.1 Å². The molecule has 2 heteroatoms. The maximum Gasteiger partial charge on any atom is 0.0539 e. The second kappa shape index (κ2) is 13.3. The number of hydrogen-bond donors (Lipinski definition) is 0. The summed E-state index contributed by atoms with van der Waals surface area (Å²) < 4.78 is 2.52. The van der Waals surface area contributed by atoms with Gasteiger partial charge in [-0.1, -0.05) is 158 Å². The third kappa shape index (κ3) is 5.18. The van der Waals surface area contributed by atoms with Crippen LogP contribution in [-0.4, -0.2) is 4.57 Å². The predicted molar refractivity (Wildman–Crippen MR) is 236 cm³/mol. The minimum atomic E-state index is 1.01. The zero-order valence-corrected chi connectivity index (χ0v) is 30.9. The summed E-state index contributed by atoms with van der Waals surface area (Å²) >= 11 is 0. The summed E-state index contributed by atoms with van der Waals surface area (Å²) in [5.74, 6) is 0. The van der Waals surface area contributed by atoms with E-state index in [1.807, 2.05) is 0 Å². The predicted octanol–water partition coefficient (Wildman–Crippen LogP) is 14.2. The summed E-state index contributed by atoms with van der Waals surface area (Å²) in [7, 11) is 0. The highest BCUT2D eigenvalue weighted by molar-refractivity contribution is 6.14. The van der Waals surface area contributed by atoms with Crippen LogP contribution >= 0.6 is 0 Å². The van der Waals surface area contributed by atoms with Gasteiger partial charge in [-0.3, -0.25) is 0 Å². The van der Waals surface area contributed by atoms with Crippen molar-refractivity contribution in [3.05, 3.63) is 234 Å². The molecule has 2 aliphatic rings. The number of benzene rings is 8. The van der Waals surface area contributed by atoms with Crippen LogP contribution in [0.2, 0.25) is 0 Å². The van der Waals surface area contributed by atoms with Gasteiger partial charge in [0.25, 0.3) is 0 Å². The van der Waals surface area contributed by atoms with Crippen LogP contribution in [0.3, 0.4) is 0 Å². The zero-order valence-electron chi connectivity index (χ0n) is 30.9. The Kier molecular flexibility index (Phi) is 7.67. The molecule has 0 radical (unpaired) electrons. The Balaban J connectivity index is 1.14.